The van der Waals surface area contributed by atoms with Gasteiger partial charge in [0.1, 0.15) is 0 Å². The SMILES string of the molecule is CN=C(NCC(c1cccnc1)C(C)C)Nc1ccc(OC)c(OC)c1.I. The van der Waals surface area contributed by atoms with Crippen LogP contribution in [0.15, 0.2) is 47.7 Å². The number of aromatic nitrogens is 1. The van der Waals surface area contributed by atoms with Gasteiger partial charge in [-0.3, -0.25) is 9.98 Å². The number of hydrogen-bond acceptors (Lipinski definition) is 4. The first kappa shape index (κ1) is 23.0. The van der Waals surface area contributed by atoms with Crippen LogP contribution < -0.4 is 20.1 Å². The van der Waals surface area contributed by atoms with Crippen molar-refractivity contribution in [3.8, 4) is 11.5 Å². The van der Waals surface area contributed by atoms with Crippen LogP contribution in [-0.4, -0.2) is 38.8 Å². The number of pyridine rings is 1. The Bertz CT molecular complexity index is 723. The number of aliphatic imine (C=N–C) groups is 1. The van der Waals surface area contributed by atoms with Crippen molar-refractivity contribution >= 4 is 35.6 Å². The molecule has 7 heteroatoms. The molecule has 0 aliphatic carbocycles. The number of benzene rings is 1. The van der Waals surface area contributed by atoms with E-state index >= 15 is 0 Å². The Morgan fingerprint density at radius 1 is 1.15 bits per heavy atom. The van der Waals surface area contributed by atoms with Crippen molar-refractivity contribution in [2.45, 2.75) is 19.8 Å². The number of halogens is 1. The summed E-state index contributed by atoms with van der Waals surface area (Å²) >= 11 is 0. The molecule has 1 unspecified atom stereocenters. The van der Waals surface area contributed by atoms with Crippen molar-refractivity contribution in [2.75, 3.05) is 33.1 Å². The second kappa shape index (κ2) is 11.6. The number of rotatable bonds is 7. The maximum absolute atomic E-state index is 5.35. The Balaban J connectivity index is 0.00000364. The van der Waals surface area contributed by atoms with Crippen molar-refractivity contribution in [2.24, 2.45) is 10.9 Å². The molecule has 0 aliphatic rings. The van der Waals surface area contributed by atoms with E-state index < -0.39 is 0 Å². The quantitative estimate of drug-likeness (QED) is 0.351. The third-order valence-electron chi connectivity index (χ3n) is 4.28. The monoisotopic (exact) mass is 484 g/mol. The van der Waals surface area contributed by atoms with Crippen LogP contribution in [0, 0.1) is 5.92 Å². The third kappa shape index (κ3) is 6.57. The fourth-order valence-corrected chi connectivity index (χ4v) is 2.77. The minimum atomic E-state index is 0. The van der Waals surface area contributed by atoms with E-state index in [1.54, 1.807) is 27.5 Å². The normalized spacial score (nSPS) is 12.1. The Morgan fingerprint density at radius 2 is 1.89 bits per heavy atom. The molecule has 0 amide bonds. The first-order chi connectivity index (χ1) is 12.6. The van der Waals surface area contributed by atoms with Gasteiger partial charge in [0.05, 0.1) is 14.2 Å². The zero-order chi connectivity index (χ0) is 18.9. The van der Waals surface area contributed by atoms with E-state index in [2.05, 4.69) is 40.5 Å². The van der Waals surface area contributed by atoms with Crippen LogP contribution in [-0.2, 0) is 0 Å². The summed E-state index contributed by atoms with van der Waals surface area (Å²) in [5.74, 6) is 2.88. The molecule has 1 heterocycles. The van der Waals surface area contributed by atoms with Gasteiger partial charge in [-0.2, -0.15) is 0 Å². The van der Waals surface area contributed by atoms with Gasteiger partial charge in [-0.1, -0.05) is 19.9 Å². The van der Waals surface area contributed by atoms with E-state index in [0.29, 0.717) is 29.3 Å². The molecule has 0 bridgehead atoms. The zero-order valence-corrected chi connectivity index (χ0v) is 18.9. The first-order valence-electron chi connectivity index (χ1n) is 8.68. The molecule has 2 N–H and O–H groups in total. The van der Waals surface area contributed by atoms with E-state index in [0.717, 1.165) is 12.2 Å². The summed E-state index contributed by atoms with van der Waals surface area (Å²) in [6.07, 6.45) is 3.72. The molecule has 1 aromatic heterocycles. The highest BCUT2D eigenvalue weighted by atomic mass is 127. The lowest BCUT2D eigenvalue weighted by atomic mass is 9.89. The van der Waals surface area contributed by atoms with E-state index in [4.69, 9.17) is 9.47 Å². The predicted octanol–water partition coefficient (Wildman–Crippen LogP) is 4.14. The predicted molar refractivity (Wildman–Crippen MR) is 122 cm³/mol. The Labute approximate surface area is 178 Å². The smallest absolute Gasteiger partial charge is 0.195 e. The molecule has 0 radical (unpaired) electrons. The van der Waals surface area contributed by atoms with Gasteiger partial charge in [0, 0.05) is 43.7 Å². The van der Waals surface area contributed by atoms with Gasteiger partial charge in [-0.15, -0.1) is 24.0 Å². The number of guanidine groups is 1. The number of nitrogens with one attached hydrogen (secondary N) is 2. The molecular formula is C20H29IN4O2. The highest BCUT2D eigenvalue weighted by Crippen LogP contribution is 2.29. The molecule has 2 rings (SSSR count). The highest BCUT2D eigenvalue weighted by molar-refractivity contribution is 14.0. The first-order valence-corrected chi connectivity index (χ1v) is 8.68. The lowest BCUT2D eigenvalue weighted by molar-refractivity contribution is 0.355. The fourth-order valence-electron chi connectivity index (χ4n) is 2.77. The van der Waals surface area contributed by atoms with Crippen LogP contribution in [0.4, 0.5) is 5.69 Å². The largest absolute Gasteiger partial charge is 0.493 e. The lowest BCUT2D eigenvalue weighted by Crippen LogP contribution is -2.35. The molecule has 0 saturated carbocycles. The van der Waals surface area contributed by atoms with Gasteiger partial charge in [-0.25, -0.2) is 0 Å². The average Bonchev–Trinajstić information content (AvgIpc) is 2.67. The van der Waals surface area contributed by atoms with Crippen LogP contribution in [0.1, 0.15) is 25.3 Å². The van der Waals surface area contributed by atoms with Gasteiger partial charge >= 0.3 is 0 Å². The standard InChI is InChI=1S/C20H28N4O2.HI/c1-14(2)17(15-7-6-10-22-12-15)13-23-20(21-3)24-16-8-9-18(25-4)19(11-16)26-5;/h6-12,14,17H,13H2,1-5H3,(H2,21,23,24);1H. The van der Waals surface area contributed by atoms with Crippen molar-refractivity contribution in [3.63, 3.8) is 0 Å². The van der Waals surface area contributed by atoms with Crippen LogP contribution in [0.5, 0.6) is 11.5 Å². The number of hydrogen-bond donors (Lipinski definition) is 2. The molecule has 0 spiro atoms. The zero-order valence-electron chi connectivity index (χ0n) is 16.5. The fraction of sp³-hybridized carbons (Fsp3) is 0.400. The van der Waals surface area contributed by atoms with Gasteiger partial charge in [0.15, 0.2) is 17.5 Å². The lowest BCUT2D eigenvalue weighted by Gasteiger charge is -2.23. The minimum absolute atomic E-state index is 0. The summed E-state index contributed by atoms with van der Waals surface area (Å²) < 4.78 is 10.6. The number of ether oxygens (including phenoxy) is 2. The number of nitrogens with zero attached hydrogens (tertiary/aromatic N) is 2. The average molecular weight is 484 g/mol. The van der Waals surface area contributed by atoms with Gasteiger partial charge in [0.2, 0.25) is 0 Å². The summed E-state index contributed by atoms with van der Waals surface area (Å²) in [6.45, 7) is 5.18. The summed E-state index contributed by atoms with van der Waals surface area (Å²) in [4.78, 5) is 8.55. The van der Waals surface area contributed by atoms with Crippen molar-refractivity contribution in [3.05, 3.63) is 48.3 Å². The molecule has 6 nitrogen and oxygen atoms in total. The van der Waals surface area contributed by atoms with Crippen LogP contribution in [0.25, 0.3) is 0 Å². The van der Waals surface area contributed by atoms with Gasteiger partial charge in [0.25, 0.3) is 0 Å². The third-order valence-corrected chi connectivity index (χ3v) is 4.28. The van der Waals surface area contributed by atoms with E-state index in [1.807, 2.05) is 30.5 Å². The number of methoxy groups -OCH3 is 2. The Kier molecular flexibility index (Phi) is 9.92. The Morgan fingerprint density at radius 3 is 2.44 bits per heavy atom. The van der Waals surface area contributed by atoms with E-state index in [9.17, 15) is 0 Å². The topological polar surface area (TPSA) is 67.8 Å². The second-order valence-corrected chi connectivity index (χ2v) is 6.28. The number of anilines is 1. The van der Waals surface area contributed by atoms with E-state index in [1.165, 1.54) is 5.56 Å². The summed E-state index contributed by atoms with van der Waals surface area (Å²) in [6, 6.07) is 9.76. The molecule has 148 valence electrons. The molecule has 0 aliphatic heterocycles. The van der Waals surface area contributed by atoms with Crippen LogP contribution >= 0.6 is 24.0 Å². The molecule has 2 aromatic rings. The Hall–Kier alpha value is -2.03. The van der Waals surface area contributed by atoms with Crippen molar-refractivity contribution in [1.29, 1.82) is 0 Å². The van der Waals surface area contributed by atoms with Crippen LogP contribution in [0.2, 0.25) is 0 Å². The highest BCUT2D eigenvalue weighted by Gasteiger charge is 2.16. The van der Waals surface area contributed by atoms with Crippen molar-refractivity contribution in [1.82, 2.24) is 10.3 Å². The molecular weight excluding hydrogens is 455 g/mol. The summed E-state index contributed by atoms with van der Waals surface area (Å²) in [5.41, 5.74) is 2.09. The maximum atomic E-state index is 5.35. The second-order valence-electron chi connectivity index (χ2n) is 6.28. The minimum Gasteiger partial charge on any atom is -0.493 e. The summed E-state index contributed by atoms with van der Waals surface area (Å²) in [7, 11) is 5.00. The van der Waals surface area contributed by atoms with Crippen molar-refractivity contribution < 1.29 is 9.47 Å². The molecule has 1 atom stereocenters. The molecule has 27 heavy (non-hydrogen) atoms. The van der Waals surface area contributed by atoms with Gasteiger partial charge in [-0.05, 0) is 29.7 Å². The summed E-state index contributed by atoms with van der Waals surface area (Å²) in [5, 5.41) is 6.69. The maximum Gasteiger partial charge on any atom is 0.195 e. The van der Waals surface area contributed by atoms with Gasteiger partial charge < -0.3 is 20.1 Å². The van der Waals surface area contributed by atoms with E-state index in [-0.39, 0.29) is 24.0 Å². The molecule has 0 saturated heterocycles. The molecule has 0 fully saturated rings. The molecule has 1 aromatic carbocycles. The van der Waals surface area contributed by atoms with Crippen LogP contribution in [0.3, 0.4) is 0 Å².